The molecule has 4 heteroatoms. The first-order valence-corrected chi connectivity index (χ1v) is 7.01. The van der Waals surface area contributed by atoms with Crippen LogP contribution in [0.3, 0.4) is 0 Å². The van der Waals surface area contributed by atoms with E-state index in [1.54, 1.807) is 0 Å². The van der Waals surface area contributed by atoms with Crippen LogP contribution >= 0.6 is 0 Å². The lowest BCUT2D eigenvalue weighted by Gasteiger charge is -2.25. The second-order valence-corrected chi connectivity index (χ2v) is 5.29. The molecular formula is C15H20N4. The molecule has 0 N–H and O–H groups in total. The highest BCUT2D eigenvalue weighted by Crippen LogP contribution is 2.15. The van der Waals surface area contributed by atoms with Crippen molar-refractivity contribution in [1.29, 1.82) is 0 Å². The highest BCUT2D eigenvalue weighted by Gasteiger charge is 2.14. The summed E-state index contributed by atoms with van der Waals surface area (Å²) in [6, 6.07) is 8.46. The van der Waals surface area contributed by atoms with Gasteiger partial charge >= 0.3 is 0 Å². The van der Waals surface area contributed by atoms with Crippen LogP contribution < -0.4 is 0 Å². The molecule has 2 aromatic rings. The molecule has 1 fully saturated rings. The van der Waals surface area contributed by atoms with Crippen molar-refractivity contribution in [2.75, 3.05) is 13.1 Å². The van der Waals surface area contributed by atoms with Crippen LogP contribution in [0.1, 0.15) is 30.7 Å². The van der Waals surface area contributed by atoms with E-state index in [0.29, 0.717) is 0 Å². The first kappa shape index (κ1) is 12.4. The van der Waals surface area contributed by atoms with Crippen molar-refractivity contribution in [3.8, 4) is 5.69 Å². The number of hydrogen-bond acceptors (Lipinski definition) is 3. The number of hydrogen-bond donors (Lipinski definition) is 0. The minimum absolute atomic E-state index is 0.897. The van der Waals surface area contributed by atoms with Crippen LogP contribution in [-0.2, 0) is 6.54 Å². The number of aromatic nitrogens is 3. The van der Waals surface area contributed by atoms with Crippen molar-refractivity contribution >= 4 is 0 Å². The fraction of sp³-hybridized carbons (Fsp3) is 0.467. The molecule has 0 aliphatic carbocycles. The highest BCUT2D eigenvalue weighted by atomic mass is 15.3. The van der Waals surface area contributed by atoms with Gasteiger partial charge < -0.3 is 0 Å². The third-order valence-corrected chi connectivity index (χ3v) is 3.71. The summed E-state index contributed by atoms with van der Waals surface area (Å²) in [6.45, 7) is 5.37. The summed E-state index contributed by atoms with van der Waals surface area (Å²) in [7, 11) is 0. The van der Waals surface area contributed by atoms with Crippen LogP contribution in [0.4, 0.5) is 0 Å². The van der Waals surface area contributed by atoms with E-state index in [4.69, 9.17) is 0 Å². The van der Waals surface area contributed by atoms with Crippen LogP contribution in [0.25, 0.3) is 5.69 Å². The summed E-state index contributed by atoms with van der Waals surface area (Å²) < 4.78 is 2.10. The van der Waals surface area contributed by atoms with Gasteiger partial charge in [-0.2, -0.15) is 0 Å². The molecule has 0 amide bonds. The van der Waals surface area contributed by atoms with E-state index >= 15 is 0 Å². The number of rotatable bonds is 3. The Bertz CT molecular complexity index is 541. The Kier molecular flexibility index (Phi) is 3.60. The largest absolute Gasteiger partial charge is 0.296 e. The molecule has 1 aliphatic rings. The summed E-state index contributed by atoms with van der Waals surface area (Å²) in [6.07, 6.45) is 5.78. The number of piperidine rings is 1. The summed E-state index contributed by atoms with van der Waals surface area (Å²) >= 11 is 0. The lowest BCUT2D eigenvalue weighted by molar-refractivity contribution is 0.215. The molecule has 2 heterocycles. The Hall–Kier alpha value is -1.68. The normalized spacial score (nSPS) is 16.7. The van der Waals surface area contributed by atoms with E-state index in [1.165, 1.54) is 37.9 Å². The van der Waals surface area contributed by atoms with E-state index in [1.807, 2.05) is 6.33 Å². The summed E-state index contributed by atoms with van der Waals surface area (Å²) in [4.78, 5) is 2.47. The second-order valence-electron chi connectivity index (χ2n) is 5.29. The molecule has 1 aliphatic heterocycles. The molecule has 0 atom stereocenters. The third-order valence-electron chi connectivity index (χ3n) is 3.71. The predicted octanol–water partition coefficient (Wildman–Crippen LogP) is 2.56. The summed E-state index contributed by atoms with van der Waals surface area (Å²) in [5.41, 5.74) is 2.41. The molecule has 0 bridgehead atoms. The first-order chi connectivity index (χ1) is 9.33. The zero-order valence-electron chi connectivity index (χ0n) is 11.4. The quantitative estimate of drug-likeness (QED) is 0.846. The lowest BCUT2D eigenvalue weighted by atomic mass is 10.1. The van der Waals surface area contributed by atoms with Crippen LogP contribution in [-0.4, -0.2) is 32.8 Å². The van der Waals surface area contributed by atoms with Gasteiger partial charge in [-0.3, -0.25) is 9.47 Å². The standard InChI is InChI=1S/C15H20N4/c1-13-6-5-7-14(10-13)19-12-16-17-15(19)11-18-8-3-2-4-9-18/h5-7,10,12H,2-4,8-9,11H2,1H3. The molecule has 0 spiro atoms. The Morgan fingerprint density at radius 2 is 2.00 bits per heavy atom. The molecular weight excluding hydrogens is 236 g/mol. The molecule has 1 saturated heterocycles. The smallest absolute Gasteiger partial charge is 0.151 e. The third kappa shape index (κ3) is 2.84. The van der Waals surface area contributed by atoms with Crippen molar-refractivity contribution in [3.63, 3.8) is 0 Å². The van der Waals surface area contributed by atoms with Gasteiger partial charge in [0.15, 0.2) is 5.82 Å². The first-order valence-electron chi connectivity index (χ1n) is 7.01. The average Bonchev–Trinajstić information content (AvgIpc) is 2.88. The van der Waals surface area contributed by atoms with Gasteiger partial charge in [-0.15, -0.1) is 10.2 Å². The average molecular weight is 256 g/mol. The molecule has 1 aromatic carbocycles. The number of benzene rings is 1. The maximum absolute atomic E-state index is 4.29. The number of aryl methyl sites for hydroxylation is 1. The van der Waals surface area contributed by atoms with Gasteiger partial charge in [0.2, 0.25) is 0 Å². The Morgan fingerprint density at radius 1 is 1.16 bits per heavy atom. The minimum atomic E-state index is 0.897. The van der Waals surface area contributed by atoms with Gasteiger partial charge in [0, 0.05) is 5.69 Å². The number of nitrogens with zero attached hydrogens (tertiary/aromatic N) is 4. The number of likely N-dealkylation sites (tertiary alicyclic amines) is 1. The van der Waals surface area contributed by atoms with Crippen LogP contribution in [0.5, 0.6) is 0 Å². The lowest BCUT2D eigenvalue weighted by Crippen LogP contribution is -2.30. The Labute approximate surface area is 114 Å². The van der Waals surface area contributed by atoms with Gasteiger partial charge in [-0.05, 0) is 50.6 Å². The van der Waals surface area contributed by atoms with Gasteiger partial charge in [0.05, 0.1) is 6.54 Å². The molecule has 4 nitrogen and oxygen atoms in total. The van der Waals surface area contributed by atoms with Gasteiger partial charge in [0.1, 0.15) is 6.33 Å². The fourth-order valence-electron chi connectivity index (χ4n) is 2.68. The maximum atomic E-state index is 4.29. The molecule has 0 unspecified atom stereocenters. The SMILES string of the molecule is Cc1cccc(-n2cnnc2CN2CCCCC2)c1. The zero-order valence-corrected chi connectivity index (χ0v) is 11.4. The summed E-state index contributed by atoms with van der Waals surface area (Å²) in [5, 5.41) is 8.37. The maximum Gasteiger partial charge on any atom is 0.151 e. The molecule has 1 aromatic heterocycles. The van der Waals surface area contributed by atoms with E-state index < -0.39 is 0 Å². The van der Waals surface area contributed by atoms with Crippen LogP contribution in [0, 0.1) is 6.92 Å². The van der Waals surface area contributed by atoms with Crippen molar-refractivity contribution < 1.29 is 0 Å². The molecule has 100 valence electrons. The van der Waals surface area contributed by atoms with Crippen molar-refractivity contribution in [1.82, 2.24) is 19.7 Å². The van der Waals surface area contributed by atoms with Gasteiger partial charge in [-0.1, -0.05) is 18.6 Å². The molecule has 0 radical (unpaired) electrons. The van der Waals surface area contributed by atoms with E-state index in [-0.39, 0.29) is 0 Å². The molecule has 0 saturated carbocycles. The monoisotopic (exact) mass is 256 g/mol. The van der Waals surface area contributed by atoms with Crippen LogP contribution in [0.15, 0.2) is 30.6 Å². The van der Waals surface area contributed by atoms with Crippen LogP contribution in [0.2, 0.25) is 0 Å². The van der Waals surface area contributed by atoms with E-state index in [9.17, 15) is 0 Å². The van der Waals surface area contributed by atoms with E-state index in [2.05, 4.69) is 50.9 Å². The van der Waals surface area contributed by atoms with Crippen molar-refractivity contribution in [3.05, 3.63) is 42.0 Å². The second kappa shape index (κ2) is 5.53. The minimum Gasteiger partial charge on any atom is -0.296 e. The molecule has 3 rings (SSSR count). The fourth-order valence-corrected chi connectivity index (χ4v) is 2.68. The zero-order chi connectivity index (χ0) is 13.1. The Balaban J connectivity index is 1.81. The topological polar surface area (TPSA) is 34.0 Å². The van der Waals surface area contributed by atoms with Crippen molar-refractivity contribution in [2.24, 2.45) is 0 Å². The van der Waals surface area contributed by atoms with E-state index in [0.717, 1.165) is 18.1 Å². The van der Waals surface area contributed by atoms with Gasteiger partial charge in [0.25, 0.3) is 0 Å². The van der Waals surface area contributed by atoms with Crippen molar-refractivity contribution in [2.45, 2.75) is 32.7 Å². The molecule has 19 heavy (non-hydrogen) atoms. The van der Waals surface area contributed by atoms with Gasteiger partial charge in [-0.25, -0.2) is 0 Å². The highest BCUT2D eigenvalue weighted by molar-refractivity contribution is 5.35. The summed E-state index contributed by atoms with van der Waals surface area (Å²) in [5.74, 6) is 1.03. The predicted molar refractivity (Wildman–Crippen MR) is 75.2 cm³/mol. The Morgan fingerprint density at radius 3 is 2.79 bits per heavy atom.